The maximum Gasteiger partial charge on any atom is 1.00 e. The van der Waals surface area contributed by atoms with E-state index in [9.17, 15) is 14.7 Å². The van der Waals surface area contributed by atoms with Gasteiger partial charge in [-0.3, -0.25) is 4.79 Å². The Bertz CT molecular complexity index is 194. The summed E-state index contributed by atoms with van der Waals surface area (Å²) in [6.45, 7) is 0. The maximum absolute atomic E-state index is 10.7. The zero-order chi connectivity index (χ0) is 7.56. The van der Waals surface area contributed by atoms with Crippen LogP contribution in [-0.2, 0) is 9.59 Å². The van der Waals surface area contributed by atoms with Crippen LogP contribution in [0, 0.1) is 5.92 Å². The molecular formula is C7H7NaO3. The standard InChI is InChI=1S/C7H8O3.Na/c8-6(5-1-2-5)3-4-7(9)10;/h3-5H,1-2H2,(H,9,10);/q;+1/p-1/b4-3-;. The van der Waals surface area contributed by atoms with E-state index < -0.39 is 5.97 Å². The number of carbonyl (C=O) groups excluding carboxylic acids is 2. The van der Waals surface area contributed by atoms with Gasteiger partial charge in [-0.25, -0.2) is 0 Å². The first-order valence-electron chi connectivity index (χ1n) is 3.13. The second kappa shape index (κ2) is 4.70. The van der Waals surface area contributed by atoms with E-state index >= 15 is 0 Å². The van der Waals surface area contributed by atoms with E-state index in [1.54, 1.807) is 0 Å². The van der Waals surface area contributed by atoms with Crippen LogP contribution in [0.3, 0.4) is 0 Å². The van der Waals surface area contributed by atoms with E-state index in [2.05, 4.69) is 0 Å². The van der Waals surface area contributed by atoms with Crippen LogP contribution in [0.5, 0.6) is 0 Å². The Labute approximate surface area is 86.8 Å². The molecule has 0 amide bonds. The number of hydrogen-bond acceptors (Lipinski definition) is 3. The molecule has 0 aromatic heterocycles. The summed E-state index contributed by atoms with van der Waals surface area (Å²) in [5.74, 6) is -1.31. The molecule has 0 spiro atoms. The Morgan fingerprint density at radius 2 is 1.82 bits per heavy atom. The predicted molar refractivity (Wildman–Crippen MR) is 31.9 cm³/mol. The molecular weight excluding hydrogens is 155 g/mol. The second-order valence-electron chi connectivity index (χ2n) is 2.33. The fourth-order valence-electron chi connectivity index (χ4n) is 0.654. The Hall–Kier alpha value is -0.120. The zero-order valence-corrected chi connectivity index (χ0v) is 8.37. The van der Waals surface area contributed by atoms with Crippen LogP contribution >= 0.6 is 0 Å². The third-order valence-corrected chi connectivity index (χ3v) is 1.36. The van der Waals surface area contributed by atoms with Crippen LogP contribution in [0.2, 0.25) is 0 Å². The molecule has 0 aliphatic heterocycles. The van der Waals surface area contributed by atoms with Gasteiger partial charge in [-0.2, -0.15) is 0 Å². The first kappa shape index (κ1) is 10.9. The molecule has 0 N–H and O–H groups in total. The van der Waals surface area contributed by atoms with E-state index in [1.807, 2.05) is 0 Å². The van der Waals surface area contributed by atoms with E-state index in [1.165, 1.54) is 0 Å². The van der Waals surface area contributed by atoms with Crippen LogP contribution in [0.15, 0.2) is 12.2 Å². The quantitative estimate of drug-likeness (QED) is 0.317. The van der Waals surface area contributed by atoms with Crippen molar-refractivity contribution in [1.82, 2.24) is 0 Å². The van der Waals surface area contributed by atoms with Crippen LogP contribution in [0.4, 0.5) is 0 Å². The molecule has 0 bridgehead atoms. The van der Waals surface area contributed by atoms with Gasteiger partial charge in [-0.05, 0) is 25.0 Å². The van der Waals surface area contributed by atoms with Crippen molar-refractivity contribution in [3.8, 4) is 0 Å². The number of hydrogen-bond donors (Lipinski definition) is 0. The number of aliphatic carboxylic acids is 1. The monoisotopic (exact) mass is 162 g/mol. The summed E-state index contributed by atoms with van der Waals surface area (Å²) < 4.78 is 0. The Balaban J connectivity index is 0.000001000. The Morgan fingerprint density at radius 1 is 1.27 bits per heavy atom. The summed E-state index contributed by atoms with van der Waals surface area (Å²) >= 11 is 0. The number of carbonyl (C=O) groups is 2. The van der Waals surface area contributed by atoms with Crippen molar-refractivity contribution in [1.29, 1.82) is 0 Å². The van der Waals surface area contributed by atoms with E-state index in [-0.39, 0.29) is 41.3 Å². The molecule has 1 aliphatic rings. The average molecular weight is 162 g/mol. The van der Waals surface area contributed by atoms with Gasteiger partial charge in [0.05, 0.1) is 5.97 Å². The number of rotatable bonds is 3. The first-order chi connectivity index (χ1) is 4.70. The number of carboxylic acids is 1. The third kappa shape index (κ3) is 4.35. The molecule has 0 unspecified atom stereocenters. The van der Waals surface area contributed by atoms with Gasteiger partial charge in [0.1, 0.15) is 0 Å². The van der Waals surface area contributed by atoms with Crippen LogP contribution in [0.1, 0.15) is 12.8 Å². The van der Waals surface area contributed by atoms with Crippen molar-refractivity contribution in [2.75, 3.05) is 0 Å². The summed E-state index contributed by atoms with van der Waals surface area (Å²) in [5.41, 5.74) is 0. The summed E-state index contributed by atoms with van der Waals surface area (Å²) in [7, 11) is 0. The molecule has 0 heterocycles. The third-order valence-electron chi connectivity index (χ3n) is 1.36. The van der Waals surface area contributed by atoms with Crippen LogP contribution < -0.4 is 34.7 Å². The summed E-state index contributed by atoms with van der Waals surface area (Å²) in [6, 6.07) is 0. The van der Waals surface area contributed by atoms with Crippen molar-refractivity contribution in [2.24, 2.45) is 5.92 Å². The normalized spacial score (nSPS) is 16.0. The van der Waals surface area contributed by atoms with Gasteiger partial charge in [0.2, 0.25) is 0 Å². The molecule has 1 rings (SSSR count). The smallest absolute Gasteiger partial charge is 0.545 e. The maximum atomic E-state index is 10.7. The largest absolute Gasteiger partial charge is 1.00 e. The zero-order valence-electron chi connectivity index (χ0n) is 6.37. The number of carboxylic acid groups (broad SMARTS) is 1. The topological polar surface area (TPSA) is 57.2 Å². The van der Waals surface area contributed by atoms with Gasteiger partial charge in [0.15, 0.2) is 5.78 Å². The first-order valence-corrected chi connectivity index (χ1v) is 3.13. The SMILES string of the molecule is O=C([O-])/C=C\C(=O)C1CC1.[Na+]. The average Bonchev–Trinajstić information content (AvgIpc) is 2.63. The molecule has 1 fully saturated rings. The second-order valence-corrected chi connectivity index (χ2v) is 2.33. The fraction of sp³-hybridized carbons (Fsp3) is 0.429. The van der Waals surface area contributed by atoms with Gasteiger partial charge >= 0.3 is 29.6 Å². The van der Waals surface area contributed by atoms with Crippen molar-refractivity contribution in [3.63, 3.8) is 0 Å². The molecule has 1 aliphatic carbocycles. The Morgan fingerprint density at radius 3 is 2.18 bits per heavy atom. The molecule has 3 nitrogen and oxygen atoms in total. The van der Waals surface area contributed by atoms with E-state index in [0.717, 1.165) is 25.0 Å². The fourth-order valence-corrected chi connectivity index (χ4v) is 0.654. The van der Waals surface area contributed by atoms with Gasteiger partial charge < -0.3 is 9.90 Å². The van der Waals surface area contributed by atoms with Gasteiger partial charge in [-0.1, -0.05) is 0 Å². The summed E-state index contributed by atoms with van der Waals surface area (Å²) in [5, 5.41) is 9.80. The molecule has 0 aromatic carbocycles. The number of allylic oxidation sites excluding steroid dienone is 1. The minimum absolute atomic E-state index is 0. The summed E-state index contributed by atoms with van der Waals surface area (Å²) in [4.78, 5) is 20.5. The molecule has 0 atom stereocenters. The minimum atomic E-state index is -1.31. The molecule has 1 saturated carbocycles. The van der Waals surface area contributed by atoms with Gasteiger partial charge in [0, 0.05) is 5.92 Å². The van der Waals surface area contributed by atoms with E-state index in [4.69, 9.17) is 0 Å². The predicted octanol–water partition coefficient (Wildman–Crippen LogP) is -3.72. The van der Waals surface area contributed by atoms with Gasteiger partial charge in [-0.15, -0.1) is 0 Å². The minimum Gasteiger partial charge on any atom is -0.545 e. The van der Waals surface area contributed by atoms with Crippen molar-refractivity contribution >= 4 is 11.8 Å². The molecule has 4 heteroatoms. The molecule has 0 saturated heterocycles. The van der Waals surface area contributed by atoms with E-state index in [0.29, 0.717) is 0 Å². The molecule has 54 valence electrons. The Kier molecular flexibility index (Phi) is 4.65. The molecule has 11 heavy (non-hydrogen) atoms. The van der Waals surface area contributed by atoms with Crippen molar-refractivity contribution in [3.05, 3.63) is 12.2 Å². The van der Waals surface area contributed by atoms with Crippen LogP contribution in [-0.4, -0.2) is 11.8 Å². The van der Waals surface area contributed by atoms with Gasteiger partial charge in [0.25, 0.3) is 0 Å². The molecule has 0 radical (unpaired) electrons. The molecule has 0 aromatic rings. The van der Waals surface area contributed by atoms with Crippen molar-refractivity contribution in [2.45, 2.75) is 12.8 Å². The number of ketones is 1. The van der Waals surface area contributed by atoms with Crippen molar-refractivity contribution < 1.29 is 44.3 Å². The van der Waals surface area contributed by atoms with Crippen LogP contribution in [0.25, 0.3) is 0 Å². The summed E-state index contributed by atoms with van der Waals surface area (Å²) in [6.07, 6.45) is 3.65.